The van der Waals surface area contributed by atoms with Crippen molar-refractivity contribution in [1.29, 1.82) is 0 Å². The van der Waals surface area contributed by atoms with E-state index < -0.39 is 0 Å². The van der Waals surface area contributed by atoms with Gasteiger partial charge in [-0.25, -0.2) is 0 Å². The molecule has 116 valence electrons. The van der Waals surface area contributed by atoms with Gasteiger partial charge < -0.3 is 9.73 Å². The van der Waals surface area contributed by atoms with Gasteiger partial charge >= 0.3 is 0 Å². The Kier molecular flexibility index (Phi) is 5.46. The molecule has 0 radical (unpaired) electrons. The molecule has 1 aromatic carbocycles. The smallest absolute Gasteiger partial charge is 0.134 e. The highest BCUT2D eigenvalue weighted by atomic mass is 16.3. The molecule has 1 atom stereocenters. The van der Waals surface area contributed by atoms with E-state index in [9.17, 15) is 0 Å². The van der Waals surface area contributed by atoms with E-state index in [2.05, 4.69) is 58.1 Å². The van der Waals surface area contributed by atoms with E-state index in [1.165, 1.54) is 18.2 Å². The summed E-state index contributed by atoms with van der Waals surface area (Å²) >= 11 is 0. The second kappa shape index (κ2) is 7.13. The van der Waals surface area contributed by atoms with Crippen LogP contribution < -0.4 is 5.32 Å². The zero-order chi connectivity index (χ0) is 15.4. The molecule has 0 amide bonds. The number of nitrogens with one attached hydrogen (secondary N) is 1. The second-order valence-corrected chi connectivity index (χ2v) is 7.03. The molecule has 2 heteroatoms. The molecule has 0 bridgehead atoms. The third-order valence-electron chi connectivity index (χ3n) is 3.87. The first-order valence-electron chi connectivity index (χ1n) is 8.20. The maximum Gasteiger partial charge on any atom is 0.134 e. The summed E-state index contributed by atoms with van der Waals surface area (Å²) in [6.07, 6.45) is 2.42. The van der Waals surface area contributed by atoms with E-state index in [-0.39, 0.29) is 6.04 Å². The number of hydrogen-bond acceptors (Lipinski definition) is 2. The average Bonchev–Trinajstić information content (AvgIpc) is 2.80. The van der Waals surface area contributed by atoms with Crippen LogP contribution in [0.2, 0.25) is 0 Å². The Balaban J connectivity index is 2.07. The van der Waals surface area contributed by atoms with Crippen LogP contribution in [0.1, 0.15) is 59.3 Å². The fourth-order valence-corrected chi connectivity index (χ4v) is 3.02. The van der Waals surface area contributed by atoms with E-state index in [0.29, 0.717) is 17.9 Å². The van der Waals surface area contributed by atoms with Gasteiger partial charge in [-0.2, -0.15) is 0 Å². The molecule has 0 fully saturated rings. The first-order valence-corrected chi connectivity index (χ1v) is 8.20. The van der Waals surface area contributed by atoms with Crippen molar-refractivity contribution in [3.05, 3.63) is 36.1 Å². The standard InChI is InChI=1S/C19H29NO/c1-13(2)10-17(11-14(3)4)20-15(5)19-12-16-8-6-7-9-18(16)21-19/h6-9,12-15,17,20H,10-11H2,1-5H3. The summed E-state index contributed by atoms with van der Waals surface area (Å²) < 4.78 is 5.98. The molecule has 2 aromatic rings. The lowest BCUT2D eigenvalue weighted by Gasteiger charge is -2.25. The van der Waals surface area contributed by atoms with Gasteiger partial charge in [0.25, 0.3) is 0 Å². The van der Waals surface area contributed by atoms with Crippen LogP contribution >= 0.6 is 0 Å². The van der Waals surface area contributed by atoms with Crippen LogP contribution in [0, 0.1) is 11.8 Å². The fourth-order valence-electron chi connectivity index (χ4n) is 3.02. The number of benzene rings is 1. The summed E-state index contributed by atoms with van der Waals surface area (Å²) in [5, 5.41) is 4.95. The van der Waals surface area contributed by atoms with Crippen molar-refractivity contribution in [2.45, 2.75) is 59.5 Å². The molecule has 1 aromatic heterocycles. The molecule has 0 aliphatic rings. The SMILES string of the molecule is CC(C)CC(CC(C)C)NC(C)c1cc2ccccc2o1. The topological polar surface area (TPSA) is 25.2 Å². The van der Waals surface area contributed by atoms with Gasteiger partial charge in [0.2, 0.25) is 0 Å². The molecule has 1 unspecified atom stereocenters. The Morgan fingerprint density at radius 3 is 2.14 bits per heavy atom. The van der Waals surface area contributed by atoms with Crippen molar-refractivity contribution >= 4 is 11.0 Å². The van der Waals surface area contributed by atoms with Crippen molar-refractivity contribution in [3.8, 4) is 0 Å². The molecular formula is C19H29NO. The zero-order valence-corrected chi connectivity index (χ0v) is 14.0. The third-order valence-corrected chi connectivity index (χ3v) is 3.87. The van der Waals surface area contributed by atoms with E-state index >= 15 is 0 Å². The lowest BCUT2D eigenvalue weighted by Crippen LogP contribution is -2.33. The lowest BCUT2D eigenvalue weighted by molar-refractivity contribution is 0.318. The van der Waals surface area contributed by atoms with Crippen LogP contribution in [-0.2, 0) is 0 Å². The van der Waals surface area contributed by atoms with Gasteiger partial charge in [-0.15, -0.1) is 0 Å². The molecule has 21 heavy (non-hydrogen) atoms. The highest BCUT2D eigenvalue weighted by Crippen LogP contribution is 2.25. The molecule has 0 saturated carbocycles. The Bertz CT molecular complexity index is 512. The minimum absolute atomic E-state index is 0.250. The predicted molar refractivity (Wildman–Crippen MR) is 90.5 cm³/mol. The van der Waals surface area contributed by atoms with E-state index in [1.54, 1.807) is 0 Å². The number of rotatable bonds is 7. The average molecular weight is 287 g/mol. The Morgan fingerprint density at radius 1 is 0.952 bits per heavy atom. The van der Waals surface area contributed by atoms with Gasteiger partial charge in [0.05, 0.1) is 6.04 Å². The van der Waals surface area contributed by atoms with Crippen molar-refractivity contribution in [2.24, 2.45) is 11.8 Å². The quantitative estimate of drug-likeness (QED) is 0.722. The molecule has 1 N–H and O–H groups in total. The third kappa shape index (κ3) is 4.60. The van der Waals surface area contributed by atoms with E-state index in [0.717, 1.165) is 11.3 Å². The first kappa shape index (κ1) is 16.1. The largest absolute Gasteiger partial charge is 0.459 e. The summed E-state index contributed by atoms with van der Waals surface area (Å²) in [4.78, 5) is 0. The van der Waals surface area contributed by atoms with Crippen LogP contribution in [0.25, 0.3) is 11.0 Å². The molecule has 2 rings (SSSR count). The van der Waals surface area contributed by atoms with Crippen molar-refractivity contribution in [3.63, 3.8) is 0 Å². The zero-order valence-electron chi connectivity index (χ0n) is 14.0. The van der Waals surface area contributed by atoms with Crippen molar-refractivity contribution in [1.82, 2.24) is 5.32 Å². The monoisotopic (exact) mass is 287 g/mol. The fraction of sp³-hybridized carbons (Fsp3) is 0.579. The van der Waals surface area contributed by atoms with Crippen LogP contribution in [0.15, 0.2) is 34.7 Å². The first-order chi connectivity index (χ1) is 9.95. The van der Waals surface area contributed by atoms with Gasteiger partial charge in [0, 0.05) is 11.4 Å². The van der Waals surface area contributed by atoms with Crippen LogP contribution in [0.3, 0.4) is 0 Å². The van der Waals surface area contributed by atoms with Gasteiger partial charge in [0.15, 0.2) is 0 Å². The summed E-state index contributed by atoms with van der Waals surface area (Å²) in [7, 11) is 0. The van der Waals surface area contributed by atoms with Gasteiger partial charge in [-0.3, -0.25) is 0 Å². The van der Waals surface area contributed by atoms with Gasteiger partial charge in [-0.1, -0.05) is 45.9 Å². The summed E-state index contributed by atoms with van der Waals surface area (Å²) in [5.74, 6) is 2.46. The number of fused-ring (bicyclic) bond motifs is 1. The second-order valence-electron chi connectivity index (χ2n) is 7.03. The molecule has 1 heterocycles. The molecule has 0 aliphatic carbocycles. The van der Waals surface area contributed by atoms with Crippen LogP contribution in [0.5, 0.6) is 0 Å². The number of hydrogen-bond donors (Lipinski definition) is 1. The molecular weight excluding hydrogens is 258 g/mol. The summed E-state index contributed by atoms with van der Waals surface area (Å²) in [5.41, 5.74) is 0.977. The highest BCUT2D eigenvalue weighted by Gasteiger charge is 2.18. The minimum Gasteiger partial charge on any atom is -0.459 e. The van der Waals surface area contributed by atoms with Crippen molar-refractivity contribution < 1.29 is 4.42 Å². The minimum atomic E-state index is 0.250. The lowest BCUT2D eigenvalue weighted by atomic mass is 9.95. The van der Waals surface area contributed by atoms with Gasteiger partial charge in [0.1, 0.15) is 11.3 Å². The van der Waals surface area contributed by atoms with Crippen LogP contribution in [0.4, 0.5) is 0 Å². The molecule has 2 nitrogen and oxygen atoms in total. The van der Waals surface area contributed by atoms with Crippen LogP contribution in [-0.4, -0.2) is 6.04 Å². The van der Waals surface area contributed by atoms with Gasteiger partial charge in [-0.05, 0) is 43.7 Å². The number of para-hydroxylation sites is 1. The summed E-state index contributed by atoms with van der Waals surface area (Å²) in [6, 6.07) is 11.2. The predicted octanol–water partition coefficient (Wildman–Crippen LogP) is 5.54. The Labute approximate surface area is 128 Å². The maximum absolute atomic E-state index is 5.98. The molecule has 0 aliphatic heterocycles. The van der Waals surface area contributed by atoms with Crippen molar-refractivity contribution in [2.75, 3.05) is 0 Å². The normalized spacial score (nSPS) is 13.7. The highest BCUT2D eigenvalue weighted by molar-refractivity contribution is 5.77. The van der Waals surface area contributed by atoms with E-state index in [1.807, 2.05) is 12.1 Å². The Hall–Kier alpha value is -1.28. The molecule has 0 spiro atoms. The molecule has 0 saturated heterocycles. The summed E-state index contributed by atoms with van der Waals surface area (Å²) in [6.45, 7) is 11.4. The van der Waals surface area contributed by atoms with E-state index in [4.69, 9.17) is 4.42 Å². The maximum atomic E-state index is 5.98. The Morgan fingerprint density at radius 2 is 1.57 bits per heavy atom. The number of furan rings is 1.